The van der Waals surface area contributed by atoms with E-state index in [1.54, 1.807) is 31.7 Å². The Morgan fingerprint density at radius 2 is 1.09 bits per heavy atom. The van der Waals surface area contributed by atoms with Crippen molar-refractivity contribution < 1.29 is 115 Å². The zero-order valence-electron chi connectivity index (χ0n) is 62.0. The smallest absolute Gasteiger partial charge is 0.317 e. The maximum atomic E-state index is 14.8. The molecular weight excluding hydrogens is 1680 g/mol. The fraction of sp³-hybridized carbons (Fsp3) is 0.533. The van der Waals surface area contributed by atoms with Crippen LogP contribution in [0.3, 0.4) is 0 Å². The molecule has 2 heterocycles. The number of aryl methyl sites for hydroxylation is 2. The van der Waals surface area contributed by atoms with Gasteiger partial charge in [0.15, 0.2) is 5.96 Å². The first-order chi connectivity index (χ1) is 51.7. The molecule has 0 aromatic heterocycles. The topological polar surface area (TPSA) is 463 Å². The van der Waals surface area contributed by atoms with Crippen molar-refractivity contribution in [3.63, 3.8) is 0 Å². The third-order valence-electron chi connectivity index (χ3n) is 18.7. The van der Waals surface area contributed by atoms with Crippen LogP contribution in [-0.2, 0) is 76.8 Å². The number of nitrogens with two attached hydrogens (primary N) is 2. The summed E-state index contributed by atoms with van der Waals surface area (Å²) in [5, 5.41) is 63.8. The van der Waals surface area contributed by atoms with Gasteiger partial charge in [-0.2, -0.15) is 0 Å². The van der Waals surface area contributed by atoms with Gasteiger partial charge >= 0.3 is 17.9 Å². The van der Waals surface area contributed by atoms with Crippen molar-refractivity contribution in [3.8, 4) is 5.75 Å². The molecule has 0 aliphatic carbocycles. The normalized spacial score (nSPS) is 18.1. The van der Waals surface area contributed by atoms with Crippen LogP contribution in [0.25, 0.3) is 10.8 Å². The largest absolute Gasteiger partial charge is 0.507 e. The van der Waals surface area contributed by atoms with Gasteiger partial charge in [-0.25, -0.2) is 0 Å². The molecule has 1 unspecified atom stereocenters. The molecule has 4 aromatic carbocycles. The van der Waals surface area contributed by atoms with E-state index < -0.39 is 96.0 Å². The van der Waals surface area contributed by atoms with E-state index in [0.29, 0.717) is 66.2 Å². The monoisotopic (exact) mass is 1790 g/mol. The number of likely N-dealkylation sites (N-methyl/N-ethyl adjacent to an activating group) is 1. The average Bonchev–Trinajstić information content (AvgIpc) is 1.58. The predicted octanol–water partition coefficient (Wildman–Crippen LogP) is 0.551. The second-order valence-electron chi connectivity index (χ2n) is 27.4. The molecular formula is C75H107ILuN16O16. The average molecular weight is 1790 g/mol. The van der Waals surface area contributed by atoms with Crippen molar-refractivity contribution in [1.29, 1.82) is 0 Å². The van der Waals surface area contributed by atoms with Gasteiger partial charge in [-0.15, -0.1) is 0 Å². The molecule has 0 bridgehead atoms. The Labute approximate surface area is 678 Å². The van der Waals surface area contributed by atoms with Crippen molar-refractivity contribution in [3.05, 3.63) is 111 Å². The first kappa shape index (κ1) is 91.3. The third kappa shape index (κ3) is 35.1. The number of aliphatic carboxylic acids is 3. The van der Waals surface area contributed by atoms with Crippen LogP contribution in [0.1, 0.15) is 106 Å². The number of phenolic OH excluding ortho intramolecular Hbond substituents is 1. The second kappa shape index (κ2) is 49.0. The Morgan fingerprint density at radius 3 is 1.70 bits per heavy atom. The number of aliphatic imine (C=N–C) groups is 1. The van der Waals surface area contributed by atoms with Gasteiger partial charge in [-0.05, 0) is 140 Å². The van der Waals surface area contributed by atoms with Crippen LogP contribution in [0.4, 0.5) is 0 Å². The molecule has 9 amide bonds. The molecule has 2 saturated heterocycles. The number of carboxylic acids is 3. The second-order valence-corrected chi connectivity index (χ2v) is 28.6. The van der Waals surface area contributed by atoms with Crippen molar-refractivity contribution in [2.75, 3.05) is 118 Å². The summed E-state index contributed by atoms with van der Waals surface area (Å²) in [5.41, 5.74) is 14.7. The van der Waals surface area contributed by atoms with Gasteiger partial charge < -0.3 is 79.3 Å². The summed E-state index contributed by atoms with van der Waals surface area (Å²) in [4.78, 5) is 174. The van der Waals surface area contributed by atoms with E-state index in [-0.39, 0.29) is 210 Å². The maximum absolute atomic E-state index is 14.8. The number of carbonyl (C=O) groups is 12. The van der Waals surface area contributed by atoms with Gasteiger partial charge in [0.2, 0.25) is 53.2 Å². The Hall–Kier alpha value is -8.35. The number of unbranched alkanes of at least 4 members (excludes halogenated alkanes) is 3. The molecule has 0 spiro atoms. The summed E-state index contributed by atoms with van der Waals surface area (Å²) >= 11 is 1.93. The van der Waals surface area contributed by atoms with Gasteiger partial charge in [0, 0.05) is 148 Å². The van der Waals surface area contributed by atoms with Gasteiger partial charge in [-0.1, -0.05) is 84.8 Å². The van der Waals surface area contributed by atoms with E-state index in [1.807, 2.05) is 96.2 Å². The number of nitrogens with one attached hydrogen (secondary N) is 8. The Bertz CT molecular complexity index is 3690. The number of aromatic hydroxyl groups is 1. The van der Waals surface area contributed by atoms with Crippen LogP contribution < -0.4 is 54.0 Å². The van der Waals surface area contributed by atoms with Crippen molar-refractivity contribution in [2.45, 2.75) is 140 Å². The molecule has 2 aliphatic heterocycles. The van der Waals surface area contributed by atoms with E-state index >= 15 is 0 Å². The van der Waals surface area contributed by atoms with Gasteiger partial charge in [0.25, 0.3) is 0 Å². The van der Waals surface area contributed by atoms with Crippen LogP contribution >= 0.6 is 22.6 Å². The fourth-order valence-corrected chi connectivity index (χ4v) is 13.3. The molecule has 16 N–H and O–H groups in total. The third-order valence-corrected chi connectivity index (χ3v) is 19.6. The number of benzene rings is 4. The van der Waals surface area contributed by atoms with Crippen LogP contribution in [0, 0.1) is 47.4 Å². The molecule has 32 nitrogen and oxygen atoms in total. The van der Waals surface area contributed by atoms with E-state index in [2.05, 4.69) is 47.5 Å². The zero-order valence-corrected chi connectivity index (χ0v) is 65.8. The number of rotatable bonds is 37. The van der Waals surface area contributed by atoms with Gasteiger partial charge in [0.1, 0.15) is 36.0 Å². The van der Waals surface area contributed by atoms with Crippen LogP contribution in [0.2, 0.25) is 0 Å². The minimum absolute atomic E-state index is 0. The van der Waals surface area contributed by atoms with Gasteiger partial charge in [-0.3, -0.25) is 82.1 Å². The molecule has 1 radical (unpaired) electrons. The number of amides is 9. The van der Waals surface area contributed by atoms with Crippen LogP contribution in [0.5, 0.6) is 5.75 Å². The van der Waals surface area contributed by atoms with Gasteiger partial charge in [0.05, 0.1) is 36.3 Å². The standard InChI is InChI=1S/C75H107IN16O16.Lu/c1-50-21-23-51(24-22-50)13-10-20-64(95)79-29-9-7-16-57(84-66(97)46-89-33-35-90(47-67(98)99)37-39-92(49-69(102)103)40-38-91(36-34-89)48-68(100)101)70(104)81-30-8-3-4-19-63(94)80-31-12-18-61-73(107)86-58(17-11-32-82-75(77)78)72(106)87-59(43-52-25-27-54-14-5-6-15-55(54)41-52)71(105)83-45-65(96)85-60(74(108)88(61)2)44-53-26-28-62(93)56(76)42-53;/h5-6,14-15,21-28,41-42,57-61,93H,3-4,7-13,16-20,29-40,43-49H2,1-2H3,(H,79,95)(H,80,94)(H,81,104)(H,83,105)(H,84,97)(H,85,96)(H,86,107)(H,87,106)(H,98,99)(H,100,101)(H,102,103)(H4,77,78,82);/t57?,58-,59-,60+,61+;/m0./s1. The first-order valence-corrected chi connectivity index (χ1v) is 37.9. The molecule has 6 rings (SSSR count). The number of hydrogen-bond acceptors (Lipinski definition) is 18. The van der Waals surface area contributed by atoms with Crippen molar-refractivity contribution in [2.24, 2.45) is 16.5 Å². The van der Waals surface area contributed by atoms with E-state index in [4.69, 9.17) is 11.5 Å². The quantitative estimate of drug-likeness (QED) is 0.0127. The molecule has 605 valence electrons. The summed E-state index contributed by atoms with van der Waals surface area (Å²) in [5.74, 6) is -8.49. The fourth-order valence-electron chi connectivity index (χ4n) is 12.7. The number of phenols is 1. The van der Waals surface area contributed by atoms with E-state index in [0.717, 1.165) is 28.3 Å². The molecule has 2 fully saturated rings. The molecule has 2 aliphatic rings. The van der Waals surface area contributed by atoms with Crippen LogP contribution in [-0.4, -0.2) is 270 Å². The minimum atomic E-state index is -1.30. The van der Waals surface area contributed by atoms with Crippen molar-refractivity contribution >= 4 is 110 Å². The number of fused-ring (bicyclic) bond motifs is 1. The SMILES string of the molecule is Cc1ccc(CCCC(=O)NCCCCC(NC(=O)CN2CCN(CC(=O)O)CCN(CC(=O)O)CCN(CC(=O)O)CC2)C(=O)NCCCCCC(=O)NCCC[C@@H]2C(=O)N[C@@H](CCCN=C(N)N)C(=O)N[C@@H](Cc3ccc4ccccc4c3)C(=O)NCC(=O)N[C@H](Cc3ccc(O)c(I)c3)C(=O)N2C)cc1.[Lu]. The summed E-state index contributed by atoms with van der Waals surface area (Å²) in [6.45, 7) is 2.33. The first-order valence-electron chi connectivity index (χ1n) is 36.8. The number of halogens is 1. The summed E-state index contributed by atoms with van der Waals surface area (Å²) in [6, 6.07) is 19.9. The maximum Gasteiger partial charge on any atom is 0.317 e. The zero-order chi connectivity index (χ0) is 78.5. The molecule has 34 heteroatoms. The Balaban J connectivity index is 0.0000213. The van der Waals surface area contributed by atoms with Crippen LogP contribution in [0.15, 0.2) is 89.9 Å². The molecule has 109 heavy (non-hydrogen) atoms. The molecule has 4 aromatic rings. The number of guanidine groups is 1. The number of nitrogens with zero attached hydrogens (tertiary/aromatic N) is 6. The van der Waals surface area contributed by atoms with Crippen molar-refractivity contribution in [1.82, 2.24) is 67.0 Å². The Kier molecular flexibility index (Phi) is 41.0. The molecule has 5 atom stereocenters. The number of hydrogen-bond donors (Lipinski definition) is 14. The minimum Gasteiger partial charge on any atom is -0.507 e. The number of carbonyl (C=O) groups excluding carboxylic acids is 9. The Morgan fingerprint density at radius 1 is 0.560 bits per heavy atom. The van der Waals surface area contributed by atoms with E-state index in [1.165, 1.54) is 18.0 Å². The van der Waals surface area contributed by atoms with E-state index in [9.17, 15) is 78.0 Å². The number of carboxylic acid groups (broad SMARTS) is 3. The summed E-state index contributed by atoms with van der Waals surface area (Å²) in [7, 11) is 1.39. The summed E-state index contributed by atoms with van der Waals surface area (Å²) < 4.78 is 0.475. The predicted molar refractivity (Wildman–Crippen MR) is 413 cm³/mol. The molecule has 0 saturated carbocycles. The summed E-state index contributed by atoms with van der Waals surface area (Å²) in [6.07, 6.45) is 4.57.